The molecular formula is C23H31FN4O2+2. The largest absolute Gasteiger partial charge is 0.327 e. The van der Waals surface area contributed by atoms with Crippen molar-refractivity contribution in [2.45, 2.75) is 13.5 Å². The lowest BCUT2D eigenvalue weighted by Crippen LogP contribution is -3.16. The second kappa shape index (κ2) is 10.3. The predicted molar refractivity (Wildman–Crippen MR) is 114 cm³/mol. The molecule has 30 heavy (non-hydrogen) atoms. The predicted octanol–water partition coefficient (Wildman–Crippen LogP) is -0.485. The van der Waals surface area contributed by atoms with E-state index in [9.17, 15) is 14.0 Å². The van der Waals surface area contributed by atoms with Gasteiger partial charge >= 0.3 is 0 Å². The molecule has 2 amide bonds. The SMILES string of the molecule is Cc1ccc(C[NH+](C)CC(=O)N2CC[NH+](CC(=O)Nc3ccc(F)cc3)CC2)cc1. The lowest BCUT2D eigenvalue weighted by Gasteiger charge is -2.32. The monoisotopic (exact) mass is 414 g/mol. The van der Waals surface area contributed by atoms with E-state index in [4.69, 9.17) is 0 Å². The Morgan fingerprint density at radius 2 is 1.70 bits per heavy atom. The summed E-state index contributed by atoms with van der Waals surface area (Å²) in [7, 11) is 2.04. The number of nitrogens with zero attached hydrogens (tertiary/aromatic N) is 1. The Kier molecular flexibility index (Phi) is 7.54. The van der Waals surface area contributed by atoms with E-state index in [1.54, 1.807) is 12.1 Å². The number of hydrogen-bond acceptors (Lipinski definition) is 2. The number of rotatable bonds is 7. The van der Waals surface area contributed by atoms with Gasteiger partial charge in [0.1, 0.15) is 12.4 Å². The fourth-order valence-corrected chi connectivity index (χ4v) is 3.70. The van der Waals surface area contributed by atoms with Crippen LogP contribution < -0.4 is 15.1 Å². The van der Waals surface area contributed by atoms with Crippen LogP contribution in [0.2, 0.25) is 0 Å². The lowest BCUT2D eigenvalue weighted by molar-refractivity contribution is -0.896. The number of anilines is 1. The molecule has 6 nitrogen and oxygen atoms in total. The number of aryl methyl sites for hydroxylation is 1. The first-order chi connectivity index (χ1) is 14.4. The Balaban J connectivity index is 1.38. The summed E-state index contributed by atoms with van der Waals surface area (Å²) in [6.45, 7) is 6.52. The van der Waals surface area contributed by atoms with Crippen molar-refractivity contribution in [2.24, 2.45) is 0 Å². The van der Waals surface area contributed by atoms with Crippen LogP contribution in [0.5, 0.6) is 0 Å². The molecule has 2 aromatic carbocycles. The summed E-state index contributed by atoms with van der Waals surface area (Å²) >= 11 is 0. The number of hydrogen-bond donors (Lipinski definition) is 3. The van der Waals surface area contributed by atoms with E-state index in [-0.39, 0.29) is 17.6 Å². The summed E-state index contributed by atoms with van der Waals surface area (Å²) < 4.78 is 13.0. The zero-order valence-electron chi connectivity index (χ0n) is 17.7. The molecule has 1 aliphatic rings. The number of carbonyl (C=O) groups excluding carboxylic acids is 2. The van der Waals surface area contributed by atoms with Crippen molar-refractivity contribution < 1.29 is 23.8 Å². The second-order valence-electron chi connectivity index (χ2n) is 8.16. The van der Waals surface area contributed by atoms with E-state index in [0.717, 1.165) is 29.4 Å². The van der Waals surface area contributed by atoms with Gasteiger partial charge in [0.25, 0.3) is 11.8 Å². The number of nitrogens with one attached hydrogen (secondary N) is 3. The maximum Gasteiger partial charge on any atom is 0.279 e. The van der Waals surface area contributed by atoms with Crippen molar-refractivity contribution in [3.05, 3.63) is 65.5 Å². The van der Waals surface area contributed by atoms with E-state index in [2.05, 4.69) is 36.5 Å². The fraction of sp³-hybridized carbons (Fsp3) is 0.391. The third-order valence-electron chi connectivity index (χ3n) is 5.44. The summed E-state index contributed by atoms with van der Waals surface area (Å²) in [5.74, 6) is -0.265. The van der Waals surface area contributed by atoms with Gasteiger partial charge in [0.2, 0.25) is 0 Å². The maximum absolute atomic E-state index is 13.0. The summed E-state index contributed by atoms with van der Waals surface area (Å²) in [6, 6.07) is 14.2. The van der Waals surface area contributed by atoms with Gasteiger partial charge in [0.15, 0.2) is 13.1 Å². The van der Waals surface area contributed by atoms with Gasteiger partial charge in [-0.05, 0) is 31.2 Å². The summed E-state index contributed by atoms with van der Waals surface area (Å²) in [5.41, 5.74) is 3.06. The highest BCUT2D eigenvalue weighted by Crippen LogP contribution is 2.07. The number of piperazine rings is 1. The maximum atomic E-state index is 13.0. The minimum Gasteiger partial charge on any atom is -0.327 e. The van der Waals surface area contributed by atoms with Gasteiger partial charge in [0, 0.05) is 11.3 Å². The van der Waals surface area contributed by atoms with Crippen molar-refractivity contribution in [2.75, 3.05) is 51.6 Å². The molecule has 160 valence electrons. The highest BCUT2D eigenvalue weighted by atomic mass is 19.1. The van der Waals surface area contributed by atoms with Crippen LogP contribution in [0.3, 0.4) is 0 Å². The molecule has 1 aliphatic heterocycles. The number of halogens is 1. The van der Waals surface area contributed by atoms with Gasteiger partial charge in [-0.15, -0.1) is 0 Å². The minimum atomic E-state index is -0.328. The number of likely N-dealkylation sites (N-methyl/N-ethyl adjacent to an activating group) is 1. The van der Waals surface area contributed by atoms with Crippen LogP contribution in [-0.2, 0) is 16.1 Å². The third-order valence-corrected chi connectivity index (χ3v) is 5.44. The van der Waals surface area contributed by atoms with Crippen molar-refractivity contribution in [1.29, 1.82) is 0 Å². The molecule has 3 rings (SSSR count). The van der Waals surface area contributed by atoms with Gasteiger partial charge in [0.05, 0.1) is 33.2 Å². The molecule has 1 heterocycles. The van der Waals surface area contributed by atoms with Crippen molar-refractivity contribution in [3.8, 4) is 0 Å². The van der Waals surface area contributed by atoms with Crippen molar-refractivity contribution in [3.63, 3.8) is 0 Å². The summed E-state index contributed by atoms with van der Waals surface area (Å²) in [6.07, 6.45) is 0. The highest BCUT2D eigenvalue weighted by molar-refractivity contribution is 5.91. The van der Waals surface area contributed by atoms with Crippen molar-refractivity contribution in [1.82, 2.24) is 4.90 Å². The van der Waals surface area contributed by atoms with Crippen LogP contribution >= 0.6 is 0 Å². The quantitative estimate of drug-likeness (QED) is 0.573. The summed E-state index contributed by atoms with van der Waals surface area (Å²) in [5, 5.41) is 2.79. The molecule has 0 aliphatic carbocycles. The van der Waals surface area contributed by atoms with Crippen LogP contribution in [0.25, 0.3) is 0 Å². The molecule has 0 saturated carbocycles. The lowest BCUT2D eigenvalue weighted by atomic mass is 10.1. The molecule has 1 unspecified atom stereocenters. The van der Waals surface area contributed by atoms with E-state index in [1.807, 2.05) is 11.9 Å². The van der Waals surface area contributed by atoms with Gasteiger partial charge in [-0.3, -0.25) is 9.59 Å². The molecule has 1 atom stereocenters. The zero-order valence-corrected chi connectivity index (χ0v) is 17.7. The molecule has 0 bridgehead atoms. The average Bonchev–Trinajstić information content (AvgIpc) is 2.72. The van der Waals surface area contributed by atoms with Gasteiger partial charge in [-0.2, -0.15) is 0 Å². The van der Waals surface area contributed by atoms with Crippen LogP contribution in [0, 0.1) is 12.7 Å². The first kappa shape index (κ1) is 21.9. The Morgan fingerprint density at radius 3 is 2.33 bits per heavy atom. The van der Waals surface area contributed by atoms with E-state index in [1.165, 1.54) is 23.3 Å². The molecule has 1 saturated heterocycles. The van der Waals surface area contributed by atoms with Crippen LogP contribution in [0.4, 0.5) is 10.1 Å². The van der Waals surface area contributed by atoms with Crippen molar-refractivity contribution >= 4 is 17.5 Å². The third kappa shape index (κ3) is 6.64. The Labute approximate surface area is 177 Å². The highest BCUT2D eigenvalue weighted by Gasteiger charge is 2.26. The topological polar surface area (TPSA) is 58.3 Å². The molecule has 0 radical (unpaired) electrons. The number of carbonyl (C=O) groups is 2. The smallest absolute Gasteiger partial charge is 0.279 e. The Morgan fingerprint density at radius 1 is 1.07 bits per heavy atom. The molecule has 1 fully saturated rings. The molecule has 7 heteroatoms. The first-order valence-electron chi connectivity index (χ1n) is 10.4. The van der Waals surface area contributed by atoms with Gasteiger partial charge < -0.3 is 20.0 Å². The van der Waals surface area contributed by atoms with E-state index in [0.29, 0.717) is 31.9 Å². The van der Waals surface area contributed by atoms with E-state index < -0.39 is 0 Å². The average molecular weight is 415 g/mol. The fourth-order valence-electron chi connectivity index (χ4n) is 3.70. The molecular weight excluding hydrogens is 383 g/mol. The van der Waals surface area contributed by atoms with E-state index >= 15 is 0 Å². The molecule has 2 aromatic rings. The number of quaternary nitrogens is 2. The molecule has 0 aromatic heterocycles. The molecule has 3 N–H and O–H groups in total. The normalized spacial score (nSPS) is 15.6. The first-order valence-corrected chi connectivity index (χ1v) is 10.4. The summed E-state index contributed by atoms with van der Waals surface area (Å²) in [4.78, 5) is 29.1. The second-order valence-corrected chi connectivity index (χ2v) is 8.16. The van der Waals surface area contributed by atoms with Crippen LogP contribution in [-0.4, -0.2) is 63.0 Å². The number of benzene rings is 2. The van der Waals surface area contributed by atoms with Crippen LogP contribution in [0.1, 0.15) is 11.1 Å². The standard InChI is InChI=1S/C23H29FN4O2/c1-18-3-5-19(6-4-18)15-26(2)17-23(30)28-13-11-27(12-14-28)16-22(29)25-21-9-7-20(24)8-10-21/h3-10H,11-17H2,1-2H3,(H,25,29)/p+2. The Bertz CT molecular complexity index is 847. The van der Waals surface area contributed by atoms with Gasteiger partial charge in [-0.1, -0.05) is 29.8 Å². The number of amides is 2. The van der Waals surface area contributed by atoms with Gasteiger partial charge in [-0.25, -0.2) is 4.39 Å². The Hall–Kier alpha value is -2.77. The van der Waals surface area contributed by atoms with Crippen LogP contribution in [0.15, 0.2) is 48.5 Å². The molecule has 0 spiro atoms. The zero-order chi connectivity index (χ0) is 21.5. The minimum absolute atomic E-state index is 0.0985.